The van der Waals surface area contributed by atoms with E-state index < -0.39 is 0 Å². The van der Waals surface area contributed by atoms with Crippen molar-refractivity contribution in [3.8, 4) is 45.5 Å². The summed E-state index contributed by atoms with van der Waals surface area (Å²) in [4.78, 5) is 16.2. The molecule has 7 aromatic carbocycles. The van der Waals surface area contributed by atoms with Crippen molar-refractivity contribution in [1.29, 1.82) is 0 Å². The second-order valence-corrected chi connectivity index (χ2v) is 22.3. The Morgan fingerprint density at radius 3 is 1.23 bits per heavy atom. The first kappa shape index (κ1) is 43.1. The molecule has 330 valence electrons. The summed E-state index contributed by atoms with van der Waals surface area (Å²) >= 11 is 0. The summed E-state index contributed by atoms with van der Waals surface area (Å²) in [6.45, 7) is 27.3. The number of para-hydroxylation sites is 2. The van der Waals surface area contributed by atoms with Crippen molar-refractivity contribution in [2.75, 3.05) is 0 Å². The minimum absolute atomic E-state index is 0.00901. The lowest BCUT2D eigenvalue weighted by molar-refractivity contribution is 0.590. The predicted octanol–water partition coefficient (Wildman–Crippen LogP) is 16.3. The molecule has 3 heterocycles. The van der Waals surface area contributed by atoms with Crippen LogP contribution in [0.15, 0.2) is 152 Å². The fraction of sp³-hybridized carbons (Fsp3) is 0.262. The number of nitrogens with zero attached hydrogens (tertiary/aromatic N) is 5. The van der Waals surface area contributed by atoms with Gasteiger partial charge in [-0.15, -0.1) is 0 Å². The number of hydrogen-bond acceptors (Lipinski definition) is 3. The molecular weight excluding hydrogens is 803 g/mol. The lowest BCUT2D eigenvalue weighted by atomic mass is 9.85. The summed E-state index contributed by atoms with van der Waals surface area (Å²) in [5, 5.41) is 4.79. The van der Waals surface area contributed by atoms with Crippen molar-refractivity contribution in [2.24, 2.45) is 0 Å². The Kier molecular flexibility index (Phi) is 10.0. The fourth-order valence-electron chi connectivity index (χ4n) is 9.45. The maximum absolute atomic E-state index is 5.48. The van der Waals surface area contributed by atoms with Crippen molar-refractivity contribution >= 4 is 43.6 Å². The van der Waals surface area contributed by atoms with Crippen LogP contribution in [0.1, 0.15) is 105 Å². The van der Waals surface area contributed by atoms with Gasteiger partial charge in [0, 0.05) is 49.6 Å². The Morgan fingerprint density at radius 1 is 0.318 bits per heavy atom. The summed E-state index contributed by atoms with van der Waals surface area (Å²) in [6.07, 6.45) is 0. The summed E-state index contributed by atoms with van der Waals surface area (Å²) in [6, 6.07) is 55.7. The van der Waals surface area contributed by atoms with Crippen LogP contribution in [-0.2, 0) is 21.7 Å². The SMILES string of the molecule is CC(C)(C)c1ccc(-c2nc(-c3ccc(C(C)(C)C)cc3)nc(-c3cc(-n4c5ccc(C(C)(C)C)cc5c5cc(C(C)(C)C)ccc54)cc4c5ccccc5n(-c5ccccc5)c34)n2)cc1. The molecular formula is C61H61N5. The third-order valence-corrected chi connectivity index (χ3v) is 13.4. The highest BCUT2D eigenvalue weighted by Gasteiger charge is 2.26. The van der Waals surface area contributed by atoms with E-state index >= 15 is 0 Å². The first-order valence-electron chi connectivity index (χ1n) is 23.4. The van der Waals surface area contributed by atoms with E-state index in [4.69, 9.17) is 15.0 Å². The molecule has 0 saturated heterocycles. The van der Waals surface area contributed by atoms with Crippen molar-refractivity contribution in [2.45, 2.75) is 105 Å². The summed E-state index contributed by atoms with van der Waals surface area (Å²) in [5.41, 5.74) is 14.6. The smallest absolute Gasteiger partial charge is 0.166 e. The molecule has 0 aliphatic rings. The molecule has 0 fully saturated rings. The van der Waals surface area contributed by atoms with E-state index in [9.17, 15) is 0 Å². The minimum Gasteiger partial charge on any atom is -0.309 e. The van der Waals surface area contributed by atoms with Crippen LogP contribution in [-0.4, -0.2) is 24.1 Å². The van der Waals surface area contributed by atoms with Gasteiger partial charge in [0.15, 0.2) is 17.5 Å². The van der Waals surface area contributed by atoms with Gasteiger partial charge >= 0.3 is 0 Å². The lowest BCUT2D eigenvalue weighted by Gasteiger charge is -2.20. The highest BCUT2D eigenvalue weighted by molar-refractivity contribution is 6.15. The molecule has 0 saturated carbocycles. The Bertz CT molecular complexity index is 3320. The van der Waals surface area contributed by atoms with Gasteiger partial charge in [0.05, 0.1) is 22.1 Å². The zero-order valence-corrected chi connectivity index (χ0v) is 40.7. The van der Waals surface area contributed by atoms with Crippen molar-refractivity contribution in [3.05, 3.63) is 174 Å². The molecule has 0 atom stereocenters. The molecule has 0 aliphatic heterocycles. The summed E-state index contributed by atoms with van der Waals surface area (Å²) in [5.74, 6) is 1.89. The molecule has 3 aromatic heterocycles. The van der Waals surface area contributed by atoms with Gasteiger partial charge in [-0.3, -0.25) is 0 Å². The lowest BCUT2D eigenvalue weighted by Crippen LogP contribution is -2.11. The van der Waals surface area contributed by atoms with Gasteiger partial charge in [0.1, 0.15) is 0 Å². The van der Waals surface area contributed by atoms with Crippen LogP contribution in [0.25, 0.3) is 89.2 Å². The molecule has 0 unspecified atom stereocenters. The van der Waals surface area contributed by atoms with Crippen LogP contribution in [0.4, 0.5) is 0 Å². The molecule has 10 rings (SSSR count). The van der Waals surface area contributed by atoms with Gasteiger partial charge in [0.25, 0.3) is 0 Å². The highest BCUT2D eigenvalue weighted by Crippen LogP contribution is 2.43. The zero-order valence-electron chi connectivity index (χ0n) is 40.7. The number of aromatic nitrogens is 5. The van der Waals surface area contributed by atoms with Crippen LogP contribution in [0.5, 0.6) is 0 Å². The van der Waals surface area contributed by atoms with Gasteiger partial charge < -0.3 is 9.13 Å². The third-order valence-electron chi connectivity index (χ3n) is 13.4. The number of rotatable bonds is 5. The predicted molar refractivity (Wildman–Crippen MR) is 280 cm³/mol. The van der Waals surface area contributed by atoms with E-state index in [2.05, 4.69) is 244 Å². The molecule has 0 bridgehead atoms. The molecule has 0 amide bonds. The van der Waals surface area contributed by atoms with Gasteiger partial charge in [-0.25, -0.2) is 15.0 Å². The van der Waals surface area contributed by atoms with E-state index in [1.54, 1.807) is 0 Å². The summed E-state index contributed by atoms with van der Waals surface area (Å²) in [7, 11) is 0. The van der Waals surface area contributed by atoms with Crippen LogP contribution in [0.2, 0.25) is 0 Å². The van der Waals surface area contributed by atoms with Crippen molar-refractivity contribution < 1.29 is 0 Å². The average molecular weight is 864 g/mol. The minimum atomic E-state index is -0.0101. The van der Waals surface area contributed by atoms with Gasteiger partial charge in [0.2, 0.25) is 0 Å². The normalized spacial score (nSPS) is 12.8. The van der Waals surface area contributed by atoms with Crippen LogP contribution >= 0.6 is 0 Å². The van der Waals surface area contributed by atoms with Gasteiger partial charge in [-0.05, 0) is 98.5 Å². The Morgan fingerprint density at radius 2 is 0.742 bits per heavy atom. The fourth-order valence-corrected chi connectivity index (χ4v) is 9.45. The molecule has 10 aromatic rings. The Balaban J connectivity index is 1.33. The third kappa shape index (κ3) is 7.58. The van der Waals surface area contributed by atoms with Crippen LogP contribution < -0.4 is 0 Å². The maximum atomic E-state index is 5.48. The molecule has 0 radical (unpaired) electrons. The Labute approximate surface area is 390 Å². The second-order valence-electron chi connectivity index (χ2n) is 22.3. The van der Waals surface area contributed by atoms with Crippen LogP contribution in [0, 0.1) is 0 Å². The van der Waals surface area contributed by atoms with Crippen molar-refractivity contribution in [3.63, 3.8) is 0 Å². The number of benzene rings is 7. The van der Waals surface area contributed by atoms with Gasteiger partial charge in [-0.1, -0.05) is 180 Å². The van der Waals surface area contributed by atoms with E-state index in [0.717, 1.165) is 60.9 Å². The average Bonchev–Trinajstić information content (AvgIpc) is 3.80. The number of fused-ring (bicyclic) bond motifs is 6. The first-order valence-corrected chi connectivity index (χ1v) is 23.4. The van der Waals surface area contributed by atoms with Crippen molar-refractivity contribution in [1.82, 2.24) is 24.1 Å². The van der Waals surface area contributed by atoms with E-state index in [1.165, 1.54) is 33.0 Å². The van der Waals surface area contributed by atoms with E-state index in [0.29, 0.717) is 17.5 Å². The molecule has 0 N–H and O–H groups in total. The number of hydrogen-bond donors (Lipinski definition) is 0. The first-order chi connectivity index (χ1) is 31.2. The maximum Gasteiger partial charge on any atom is 0.166 e. The largest absolute Gasteiger partial charge is 0.309 e. The second kappa shape index (κ2) is 15.4. The molecule has 0 aliphatic carbocycles. The molecule has 5 nitrogen and oxygen atoms in total. The van der Waals surface area contributed by atoms with Crippen LogP contribution in [0.3, 0.4) is 0 Å². The van der Waals surface area contributed by atoms with E-state index in [1.807, 2.05) is 0 Å². The zero-order chi connectivity index (χ0) is 46.5. The monoisotopic (exact) mass is 863 g/mol. The highest BCUT2D eigenvalue weighted by atomic mass is 15.1. The van der Waals surface area contributed by atoms with Gasteiger partial charge in [-0.2, -0.15) is 0 Å². The van der Waals surface area contributed by atoms with E-state index in [-0.39, 0.29) is 21.7 Å². The molecule has 0 spiro atoms. The summed E-state index contributed by atoms with van der Waals surface area (Å²) < 4.78 is 4.85. The standard InChI is InChI=1S/C61H61N5/c1-58(2,3)40-26-22-38(23-27-40)55-62-56(39-24-28-41(29-25-39)59(4,5)6)64-57(63-55)50-37-45(36-49-46-20-16-17-21-51(46)66(54(49)50)44-18-14-13-15-19-44)65-52-32-30-42(60(7,8)9)34-47(52)48-35-43(61(10,11)12)31-33-53(48)65/h13-37H,1-12H3. The molecule has 5 heteroatoms. The topological polar surface area (TPSA) is 48.5 Å². The Hall–Kier alpha value is -6.85. The quantitative estimate of drug-likeness (QED) is 0.173. The molecule has 66 heavy (non-hydrogen) atoms.